The Morgan fingerprint density at radius 3 is 2.57 bits per heavy atom. The van der Waals surface area contributed by atoms with Gasteiger partial charge in [0.2, 0.25) is 0 Å². The second-order valence-corrected chi connectivity index (χ2v) is 3.69. The van der Waals surface area contributed by atoms with E-state index < -0.39 is 0 Å². The van der Waals surface area contributed by atoms with Crippen LogP contribution in [0, 0.1) is 5.41 Å². The zero-order valence-electron chi connectivity index (χ0n) is 8.31. The molecule has 1 fully saturated rings. The quantitative estimate of drug-likeness (QED) is 0.394. The summed E-state index contributed by atoms with van der Waals surface area (Å²) in [4.78, 5) is 11.2. The van der Waals surface area contributed by atoms with Crippen LogP contribution < -0.4 is 16.4 Å². The summed E-state index contributed by atoms with van der Waals surface area (Å²) in [5.41, 5.74) is 5.11. The van der Waals surface area contributed by atoms with Crippen molar-refractivity contribution in [3.05, 3.63) is 0 Å². The van der Waals surface area contributed by atoms with Gasteiger partial charge in [-0.1, -0.05) is 19.3 Å². The Morgan fingerprint density at radius 2 is 2.00 bits per heavy atom. The van der Waals surface area contributed by atoms with Gasteiger partial charge in [0.1, 0.15) is 5.84 Å². The number of hydrogen-bond donors (Lipinski definition) is 4. The third-order valence-corrected chi connectivity index (χ3v) is 2.38. The van der Waals surface area contributed by atoms with Crippen LogP contribution in [-0.2, 0) is 0 Å². The van der Waals surface area contributed by atoms with Crippen LogP contribution in [-0.4, -0.2) is 24.5 Å². The van der Waals surface area contributed by atoms with Gasteiger partial charge in [-0.2, -0.15) is 0 Å². The number of amides is 2. The molecule has 0 heterocycles. The number of urea groups is 1. The molecule has 2 amide bonds. The van der Waals surface area contributed by atoms with Crippen molar-refractivity contribution in [3.8, 4) is 0 Å². The summed E-state index contributed by atoms with van der Waals surface area (Å²) < 4.78 is 0. The molecule has 0 aromatic heterocycles. The lowest BCUT2D eigenvalue weighted by Crippen LogP contribution is -2.45. The molecular formula is C9H18N4O. The van der Waals surface area contributed by atoms with Gasteiger partial charge in [-0.15, -0.1) is 0 Å². The Morgan fingerprint density at radius 1 is 1.36 bits per heavy atom. The van der Waals surface area contributed by atoms with Crippen molar-refractivity contribution in [2.24, 2.45) is 5.73 Å². The molecule has 80 valence electrons. The molecular weight excluding hydrogens is 180 g/mol. The second-order valence-electron chi connectivity index (χ2n) is 3.69. The van der Waals surface area contributed by atoms with Gasteiger partial charge in [-0.05, 0) is 12.8 Å². The Bertz CT molecular complexity index is 211. The maximum Gasteiger partial charge on any atom is 0.315 e. The molecule has 1 saturated carbocycles. The van der Waals surface area contributed by atoms with Gasteiger partial charge in [0.15, 0.2) is 0 Å². The number of carbonyl (C=O) groups excluding carboxylic acids is 1. The highest BCUT2D eigenvalue weighted by molar-refractivity contribution is 5.84. The van der Waals surface area contributed by atoms with E-state index in [2.05, 4.69) is 10.6 Å². The molecule has 1 aliphatic carbocycles. The minimum absolute atomic E-state index is 0.0243. The first-order chi connectivity index (χ1) is 6.68. The summed E-state index contributed by atoms with van der Waals surface area (Å²) in [5.74, 6) is -0.0243. The van der Waals surface area contributed by atoms with Crippen LogP contribution >= 0.6 is 0 Å². The van der Waals surface area contributed by atoms with E-state index in [1.807, 2.05) is 0 Å². The standard InChI is InChI=1S/C9H18N4O/c10-8(11)6-12-9(14)13-7-4-2-1-3-5-7/h7H,1-6H2,(H3,10,11)(H2,12,13,14). The summed E-state index contributed by atoms with van der Waals surface area (Å²) in [5, 5.41) is 12.3. The summed E-state index contributed by atoms with van der Waals surface area (Å²) in [6, 6.07) is 0.0859. The fraction of sp³-hybridized carbons (Fsp3) is 0.778. The largest absolute Gasteiger partial charge is 0.386 e. The van der Waals surface area contributed by atoms with Crippen LogP contribution in [0.4, 0.5) is 4.79 Å². The molecule has 0 bridgehead atoms. The SMILES string of the molecule is N=C(N)CNC(=O)NC1CCCCC1. The molecule has 1 rings (SSSR count). The number of carbonyl (C=O) groups is 1. The maximum absolute atomic E-state index is 11.2. The van der Waals surface area contributed by atoms with Crippen molar-refractivity contribution in [2.75, 3.05) is 6.54 Å². The van der Waals surface area contributed by atoms with Crippen molar-refractivity contribution < 1.29 is 4.79 Å². The fourth-order valence-corrected chi connectivity index (χ4v) is 1.66. The van der Waals surface area contributed by atoms with E-state index >= 15 is 0 Å². The highest BCUT2D eigenvalue weighted by atomic mass is 16.2. The minimum Gasteiger partial charge on any atom is -0.386 e. The molecule has 0 atom stereocenters. The molecule has 0 saturated heterocycles. The number of hydrogen-bond acceptors (Lipinski definition) is 2. The predicted molar refractivity (Wildman–Crippen MR) is 55.3 cm³/mol. The lowest BCUT2D eigenvalue weighted by molar-refractivity contribution is 0.234. The zero-order chi connectivity index (χ0) is 10.4. The Hall–Kier alpha value is -1.26. The van der Waals surface area contributed by atoms with Crippen LogP contribution in [0.5, 0.6) is 0 Å². The van der Waals surface area contributed by atoms with Gasteiger partial charge in [0, 0.05) is 6.04 Å². The van der Waals surface area contributed by atoms with Crippen molar-refractivity contribution in [1.82, 2.24) is 10.6 Å². The van der Waals surface area contributed by atoms with Gasteiger partial charge < -0.3 is 16.4 Å². The highest BCUT2D eigenvalue weighted by Crippen LogP contribution is 2.16. The van der Waals surface area contributed by atoms with Gasteiger partial charge in [0.25, 0.3) is 0 Å². The van der Waals surface area contributed by atoms with E-state index in [1.54, 1.807) is 0 Å². The Balaban J connectivity index is 2.15. The smallest absolute Gasteiger partial charge is 0.315 e. The van der Waals surface area contributed by atoms with Crippen LogP contribution in [0.2, 0.25) is 0 Å². The van der Waals surface area contributed by atoms with Crippen molar-refractivity contribution in [1.29, 1.82) is 5.41 Å². The molecule has 5 heteroatoms. The highest BCUT2D eigenvalue weighted by Gasteiger charge is 2.14. The number of nitrogens with two attached hydrogens (primary N) is 1. The van der Waals surface area contributed by atoms with E-state index in [-0.39, 0.29) is 18.4 Å². The second kappa shape index (κ2) is 5.47. The van der Waals surface area contributed by atoms with Crippen LogP contribution in [0.15, 0.2) is 0 Å². The monoisotopic (exact) mass is 198 g/mol. The summed E-state index contributed by atoms with van der Waals surface area (Å²) in [6.07, 6.45) is 5.78. The molecule has 14 heavy (non-hydrogen) atoms. The molecule has 0 spiro atoms. The molecule has 0 unspecified atom stereocenters. The fourth-order valence-electron chi connectivity index (χ4n) is 1.66. The zero-order valence-corrected chi connectivity index (χ0v) is 8.31. The van der Waals surface area contributed by atoms with Crippen molar-refractivity contribution in [3.63, 3.8) is 0 Å². The van der Waals surface area contributed by atoms with Crippen LogP contribution in [0.1, 0.15) is 32.1 Å². The Kier molecular flexibility index (Phi) is 4.22. The lowest BCUT2D eigenvalue weighted by Gasteiger charge is -2.22. The van der Waals surface area contributed by atoms with E-state index in [9.17, 15) is 4.79 Å². The van der Waals surface area contributed by atoms with Crippen LogP contribution in [0.3, 0.4) is 0 Å². The normalized spacial score (nSPS) is 17.4. The Labute approximate surface area is 83.9 Å². The molecule has 0 aromatic rings. The van der Waals surface area contributed by atoms with Gasteiger partial charge in [-0.25, -0.2) is 4.79 Å². The minimum atomic E-state index is -0.216. The average molecular weight is 198 g/mol. The summed E-state index contributed by atoms with van der Waals surface area (Å²) in [7, 11) is 0. The van der Waals surface area contributed by atoms with Crippen molar-refractivity contribution >= 4 is 11.9 Å². The maximum atomic E-state index is 11.2. The van der Waals surface area contributed by atoms with E-state index in [0.29, 0.717) is 6.04 Å². The van der Waals surface area contributed by atoms with E-state index in [4.69, 9.17) is 11.1 Å². The number of rotatable bonds is 3. The van der Waals surface area contributed by atoms with Gasteiger partial charge in [-0.3, -0.25) is 5.41 Å². The molecule has 0 aliphatic heterocycles. The van der Waals surface area contributed by atoms with Gasteiger partial charge in [0.05, 0.1) is 6.54 Å². The van der Waals surface area contributed by atoms with E-state index in [1.165, 1.54) is 19.3 Å². The summed E-state index contributed by atoms with van der Waals surface area (Å²) in [6.45, 7) is 0.124. The third-order valence-electron chi connectivity index (χ3n) is 2.38. The molecule has 5 N–H and O–H groups in total. The first kappa shape index (κ1) is 10.8. The van der Waals surface area contributed by atoms with Crippen LogP contribution in [0.25, 0.3) is 0 Å². The number of nitrogens with one attached hydrogen (secondary N) is 3. The van der Waals surface area contributed by atoms with E-state index in [0.717, 1.165) is 12.8 Å². The molecule has 0 aromatic carbocycles. The topological polar surface area (TPSA) is 91.0 Å². The molecule has 0 radical (unpaired) electrons. The number of amidine groups is 1. The molecule has 1 aliphatic rings. The first-order valence-electron chi connectivity index (χ1n) is 5.06. The molecule has 5 nitrogen and oxygen atoms in total. The first-order valence-corrected chi connectivity index (χ1v) is 5.06. The average Bonchev–Trinajstić information content (AvgIpc) is 2.16. The predicted octanol–water partition coefficient (Wildman–Crippen LogP) is 0.554. The lowest BCUT2D eigenvalue weighted by atomic mass is 9.96. The van der Waals surface area contributed by atoms with Gasteiger partial charge >= 0.3 is 6.03 Å². The third kappa shape index (κ3) is 4.11. The van der Waals surface area contributed by atoms with Crippen molar-refractivity contribution in [2.45, 2.75) is 38.1 Å². The summed E-state index contributed by atoms with van der Waals surface area (Å²) >= 11 is 0.